The van der Waals surface area contributed by atoms with Crippen LogP contribution in [-0.2, 0) is 13.0 Å². The second-order valence-corrected chi connectivity index (χ2v) is 8.15. The molecule has 1 aromatic heterocycles. The maximum atomic E-state index is 14.0. The van der Waals surface area contributed by atoms with Crippen LogP contribution in [0.3, 0.4) is 0 Å². The number of piperidine rings is 1. The smallest absolute Gasteiger partial charge is 0.272 e. The van der Waals surface area contributed by atoms with E-state index in [9.17, 15) is 9.18 Å². The number of carbonyl (C=O) groups excluding carboxylic acids is 1. The zero-order valence-corrected chi connectivity index (χ0v) is 16.7. The Bertz CT molecular complexity index is 874. The minimum atomic E-state index is -0.437. The van der Waals surface area contributed by atoms with Gasteiger partial charge in [-0.15, -0.1) is 11.6 Å². The molecule has 1 saturated heterocycles. The summed E-state index contributed by atoms with van der Waals surface area (Å²) in [6.07, 6.45) is 8.56. The minimum absolute atomic E-state index is 0.0618. The molecule has 0 aromatic carbocycles. The van der Waals surface area contributed by atoms with Crippen molar-refractivity contribution in [2.24, 2.45) is 5.73 Å². The van der Waals surface area contributed by atoms with Crippen molar-refractivity contribution < 1.29 is 9.18 Å². The molecule has 4 rings (SSSR count). The highest BCUT2D eigenvalue weighted by molar-refractivity contribution is 6.23. The zero-order chi connectivity index (χ0) is 19.8. The molecule has 1 amide bonds. The first kappa shape index (κ1) is 19.2. The summed E-state index contributed by atoms with van der Waals surface area (Å²) in [6, 6.07) is 0.0832. The fourth-order valence-corrected chi connectivity index (χ4v) is 4.28. The molecular weight excluding hydrogens is 381 g/mol. The van der Waals surface area contributed by atoms with Crippen LogP contribution < -0.4 is 10.6 Å². The number of aromatic nitrogens is 2. The lowest BCUT2D eigenvalue weighted by molar-refractivity contribution is 0.0741. The monoisotopic (exact) mass is 405 g/mol. The summed E-state index contributed by atoms with van der Waals surface area (Å²) in [5.74, 6) is 0.366. The number of fused-ring (bicyclic) bond motifs is 1. The molecule has 3 heterocycles. The van der Waals surface area contributed by atoms with Gasteiger partial charge in [0.2, 0.25) is 0 Å². The molecule has 1 aromatic rings. The summed E-state index contributed by atoms with van der Waals surface area (Å²) >= 11 is 6.47. The van der Waals surface area contributed by atoms with E-state index in [1.54, 1.807) is 28.8 Å². The maximum absolute atomic E-state index is 14.0. The number of amides is 1. The van der Waals surface area contributed by atoms with E-state index in [-0.39, 0.29) is 17.8 Å². The Kier molecular flexibility index (Phi) is 5.29. The van der Waals surface area contributed by atoms with Gasteiger partial charge in [-0.1, -0.05) is 12.2 Å². The van der Waals surface area contributed by atoms with Crippen LogP contribution in [0.5, 0.6) is 0 Å². The lowest BCUT2D eigenvalue weighted by atomic mass is 9.99. The van der Waals surface area contributed by atoms with Gasteiger partial charge >= 0.3 is 0 Å². The summed E-state index contributed by atoms with van der Waals surface area (Å²) in [7, 11) is 1.79. The van der Waals surface area contributed by atoms with Gasteiger partial charge in [0, 0.05) is 44.7 Å². The van der Waals surface area contributed by atoms with E-state index in [1.807, 2.05) is 0 Å². The number of rotatable bonds is 3. The van der Waals surface area contributed by atoms with Crippen molar-refractivity contribution >= 4 is 23.3 Å². The molecule has 0 saturated carbocycles. The summed E-state index contributed by atoms with van der Waals surface area (Å²) in [4.78, 5) is 16.8. The third kappa shape index (κ3) is 3.61. The third-order valence-electron chi connectivity index (χ3n) is 5.58. The van der Waals surface area contributed by atoms with E-state index >= 15 is 0 Å². The Balaban J connectivity index is 1.77. The Hall–Kier alpha value is -2.12. The fraction of sp³-hybridized carbons (Fsp3) is 0.500. The quantitative estimate of drug-likeness (QED) is 0.784. The van der Waals surface area contributed by atoms with Gasteiger partial charge in [-0.05, 0) is 30.6 Å². The molecule has 2 atom stereocenters. The fourth-order valence-electron chi connectivity index (χ4n) is 4.06. The van der Waals surface area contributed by atoms with E-state index in [0.29, 0.717) is 37.3 Å². The molecule has 6 nitrogen and oxygen atoms in total. The Labute approximate surface area is 169 Å². The summed E-state index contributed by atoms with van der Waals surface area (Å²) in [5.41, 5.74) is 8.28. The molecule has 150 valence electrons. The van der Waals surface area contributed by atoms with Gasteiger partial charge in [0.05, 0.1) is 11.9 Å². The summed E-state index contributed by atoms with van der Waals surface area (Å²) in [5, 5.41) is 4.33. The number of hydrogen-bond acceptors (Lipinski definition) is 4. The van der Waals surface area contributed by atoms with E-state index < -0.39 is 5.38 Å². The van der Waals surface area contributed by atoms with Crippen molar-refractivity contribution in [2.75, 3.05) is 31.6 Å². The van der Waals surface area contributed by atoms with Gasteiger partial charge < -0.3 is 15.5 Å². The van der Waals surface area contributed by atoms with Crippen molar-refractivity contribution in [3.05, 3.63) is 47.0 Å². The van der Waals surface area contributed by atoms with Crippen LogP contribution in [0.15, 0.2) is 35.7 Å². The van der Waals surface area contributed by atoms with E-state index in [0.717, 1.165) is 30.8 Å². The molecular formula is C20H25ClFN5O. The first-order valence-electron chi connectivity index (χ1n) is 9.68. The van der Waals surface area contributed by atoms with Crippen molar-refractivity contribution in [1.29, 1.82) is 0 Å². The Morgan fingerprint density at radius 2 is 2.18 bits per heavy atom. The minimum Gasteiger partial charge on any atom is -0.353 e. The molecule has 1 aliphatic carbocycles. The molecule has 0 bridgehead atoms. The molecule has 2 N–H and O–H groups in total. The molecule has 28 heavy (non-hydrogen) atoms. The standard InChI is InChI=1S/C20H25ClFN5O/c1-25-8-9-27-18(20(25)28)16(11-13-10-14(22)4-2-6-17(13)21)19(24-27)26-7-3-5-15(23)12-26/h2,4,6,10,15,17H,3,5,7-9,11-12,23H2,1H3/t15-,17?/m1/s1. The first-order chi connectivity index (χ1) is 13.4. The van der Waals surface area contributed by atoms with Gasteiger partial charge in [0.25, 0.3) is 5.91 Å². The lowest BCUT2D eigenvalue weighted by Gasteiger charge is -2.31. The van der Waals surface area contributed by atoms with Crippen molar-refractivity contribution in [1.82, 2.24) is 14.7 Å². The van der Waals surface area contributed by atoms with Crippen molar-refractivity contribution in [3.63, 3.8) is 0 Å². The van der Waals surface area contributed by atoms with Crippen LogP contribution in [0, 0.1) is 0 Å². The van der Waals surface area contributed by atoms with Gasteiger partial charge in [-0.2, -0.15) is 5.10 Å². The average Bonchev–Trinajstić information content (AvgIpc) is 2.94. The Morgan fingerprint density at radius 3 is 2.96 bits per heavy atom. The number of hydrogen-bond donors (Lipinski definition) is 1. The number of likely N-dealkylation sites (N-methyl/N-ethyl adjacent to an activating group) is 1. The van der Waals surface area contributed by atoms with Gasteiger partial charge in [0.1, 0.15) is 11.5 Å². The molecule has 8 heteroatoms. The van der Waals surface area contributed by atoms with Crippen molar-refractivity contribution in [3.8, 4) is 0 Å². The van der Waals surface area contributed by atoms with Crippen LogP contribution in [0.25, 0.3) is 0 Å². The topological polar surface area (TPSA) is 67.4 Å². The first-order valence-corrected chi connectivity index (χ1v) is 10.1. The molecule has 2 aliphatic heterocycles. The van der Waals surface area contributed by atoms with Crippen LogP contribution in [-0.4, -0.2) is 58.7 Å². The van der Waals surface area contributed by atoms with E-state index in [4.69, 9.17) is 22.4 Å². The van der Waals surface area contributed by atoms with Gasteiger partial charge in [-0.3, -0.25) is 9.48 Å². The van der Waals surface area contributed by atoms with Crippen LogP contribution in [0.4, 0.5) is 10.2 Å². The highest BCUT2D eigenvalue weighted by atomic mass is 35.5. The highest BCUT2D eigenvalue weighted by Gasteiger charge is 2.33. The third-order valence-corrected chi connectivity index (χ3v) is 6.00. The summed E-state index contributed by atoms with van der Waals surface area (Å²) in [6.45, 7) is 2.80. The lowest BCUT2D eigenvalue weighted by Crippen LogP contribution is -2.43. The number of alkyl halides is 1. The number of nitrogens with two attached hydrogens (primary N) is 1. The van der Waals surface area contributed by atoms with Crippen LogP contribution >= 0.6 is 11.6 Å². The van der Waals surface area contributed by atoms with E-state index in [1.165, 1.54) is 12.2 Å². The predicted molar refractivity (Wildman–Crippen MR) is 108 cm³/mol. The molecule has 1 unspecified atom stereocenters. The SMILES string of the molecule is CN1CCn2nc(N3CCC[C@@H](N)C3)c(CC3=CC(F)=CC=CC3Cl)c2C1=O. The highest BCUT2D eigenvalue weighted by Crippen LogP contribution is 2.33. The average molecular weight is 406 g/mol. The van der Waals surface area contributed by atoms with E-state index in [2.05, 4.69) is 4.90 Å². The normalized spacial score (nSPS) is 25.4. The molecule has 0 spiro atoms. The Morgan fingerprint density at radius 1 is 1.36 bits per heavy atom. The van der Waals surface area contributed by atoms with Crippen LogP contribution in [0.1, 0.15) is 28.9 Å². The largest absolute Gasteiger partial charge is 0.353 e. The number of allylic oxidation sites excluding steroid dienone is 6. The number of nitrogens with zero attached hydrogens (tertiary/aromatic N) is 4. The molecule has 3 aliphatic rings. The molecule has 0 radical (unpaired) electrons. The van der Waals surface area contributed by atoms with Crippen LogP contribution in [0.2, 0.25) is 0 Å². The van der Waals surface area contributed by atoms with Gasteiger partial charge in [-0.25, -0.2) is 4.39 Å². The van der Waals surface area contributed by atoms with Crippen molar-refractivity contribution in [2.45, 2.75) is 37.2 Å². The van der Waals surface area contributed by atoms with Gasteiger partial charge in [0.15, 0.2) is 5.82 Å². The number of anilines is 1. The second kappa shape index (κ2) is 7.72. The number of carbonyl (C=O) groups is 1. The second-order valence-electron chi connectivity index (χ2n) is 7.68. The zero-order valence-electron chi connectivity index (χ0n) is 15.9. The summed E-state index contributed by atoms with van der Waals surface area (Å²) < 4.78 is 15.8. The number of halogens is 2. The molecule has 1 fully saturated rings. The maximum Gasteiger partial charge on any atom is 0.272 e. The predicted octanol–water partition coefficient (Wildman–Crippen LogP) is 2.40.